The molecule has 1 aliphatic heterocycles. The quantitative estimate of drug-likeness (QED) is 0.639. The summed E-state index contributed by atoms with van der Waals surface area (Å²) in [4.78, 5) is 26.6. The molecule has 1 aliphatic rings. The molecule has 2 aromatic rings. The molecule has 0 bridgehead atoms. The predicted molar refractivity (Wildman–Crippen MR) is 109 cm³/mol. The molecule has 0 N–H and O–H groups in total. The van der Waals surface area contributed by atoms with Crippen molar-refractivity contribution in [3.63, 3.8) is 0 Å². The normalized spacial score (nSPS) is 14.3. The highest BCUT2D eigenvalue weighted by atomic mass is 16.5. The summed E-state index contributed by atoms with van der Waals surface area (Å²) in [6.07, 6.45) is 1.20. The van der Waals surface area contributed by atoms with Crippen LogP contribution in [0.15, 0.2) is 48.5 Å². The maximum absolute atomic E-state index is 12.5. The van der Waals surface area contributed by atoms with Crippen molar-refractivity contribution in [3.8, 4) is 11.5 Å². The lowest BCUT2D eigenvalue weighted by Crippen LogP contribution is -2.38. The first-order valence-electron chi connectivity index (χ1n) is 9.89. The first kappa shape index (κ1) is 20.7. The van der Waals surface area contributed by atoms with E-state index in [1.54, 1.807) is 37.1 Å². The van der Waals surface area contributed by atoms with E-state index < -0.39 is 12.1 Å². The number of amides is 1. The maximum Gasteiger partial charge on any atom is 0.311 e. The second-order valence-electron chi connectivity index (χ2n) is 7.06. The van der Waals surface area contributed by atoms with Gasteiger partial charge < -0.3 is 19.1 Å². The average molecular weight is 397 g/mol. The summed E-state index contributed by atoms with van der Waals surface area (Å²) in [6.45, 7) is 3.44. The third kappa shape index (κ3) is 5.50. The fourth-order valence-electron chi connectivity index (χ4n) is 3.39. The molecule has 0 radical (unpaired) electrons. The van der Waals surface area contributed by atoms with Gasteiger partial charge in [0.2, 0.25) is 0 Å². The molecule has 1 atom stereocenters. The minimum atomic E-state index is -0.792. The molecule has 2 aromatic carbocycles. The first-order valence-corrected chi connectivity index (χ1v) is 9.89. The fourth-order valence-corrected chi connectivity index (χ4v) is 3.39. The smallest absolute Gasteiger partial charge is 0.311 e. The van der Waals surface area contributed by atoms with Gasteiger partial charge in [0.1, 0.15) is 6.61 Å². The number of methoxy groups -OCH3 is 1. The first-order chi connectivity index (χ1) is 14.1. The Morgan fingerprint density at radius 2 is 1.76 bits per heavy atom. The summed E-state index contributed by atoms with van der Waals surface area (Å²) >= 11 is 0. The molecule has 6 heteroatoms. The van der Waals surface area contributed by atoms with Crippen molar-refractivity contribution in [2.75, 3.05) is 20.2 Å². The van der Waals surface area contributed by atoms with Gasteiger partial charge in [0.15, 0.2) is 17.6 Å². The van der Waals surface area contributed by atoms with Crippen LogP contribution in [0.3, 0.4) is 0 Å². The number of hydrogen-bond acceptors (Lipinski definition) is 5. The Kier molecular flexibility index (Phi) is 7.11. The Bertz CT molecular complexity index is 830. The number of para-hydroxylation sites is 1. The molecule has 0 saturated carbocycles. The second kappa shape index (κ2) is 9.96. The minimum Gasteiger partial charge on any atom is -0.493 e. The Morgan fingerprint density at radius 3 is 2.45 bits per heavy atom. The van der Waals surface area contributed by atoms with E-state index in [1.807, 2.05) is 30.3 Å². The predicted octanol–water partition coefficient (Wildman–Crippen LogP) is 3.37. The van der Waals surface area contributed by atoms with E-state index in [9.17, 15) is 9.59 Å². The molecule has 3 rings (SSSR count). The van der Waals surface area contributed by atoms with E-state index in [-0.39, 0.29) is 12.3 Å². The minimum absolute atomic E-state index is 0.00105. The van der Waals surface area contributed by atoms with E-state index in [0.29, 0.717) is 23.7 Å². The number of esters is 1. The third-order valence-corrected chi connectivity index (χ3v) is 4.91. The standard InChI is InChI=1S/C23H27NO5/c1-17(23(26)24-13-6-7-14-24)29-21(25)15-19-11-8-12-20(27-2)22(19)28-16-18-9-4-3-5-10-18/h3-5,8-12,17H,6-7,13-16H2,1-2H3/t17-/m1/s1. The van der Waals surface area contributed by atoms with E-state index in [1.165, 1.54) is 0 Å². The summed E-state index contributed by atoms with van der Waals surface area (Å²) < 4.78 is 16.8. The lowest BCUT2D eigenvalue weighted by Gasteiger charge is -2.21. The van der Waals surface area contributed by atoms with Crippen LogP contribution in [0.5, 0.6) is 11.5 Å². The zero-order chi connectivity index (χ0) is 20.6. The van der Waals surface area contributed by atoms with Crippen LogP contribution < -0.4 is 9.47 Å². The molecule has 0 aliphatic carbocycles. The van der Waals surface area contributed by atoms with Crippen LogP contribution in [0.2, 0.25) is 0 Å². The van der Waals surface area contributed by atoms with Crippen molar-refractivity contribution < 1.29 is 23.8 Å². The van der Waals surface area contributed by atoms with Crippen molar-refractivity contribution in [2.45, 2.75) is 38.9 Å². The monoisotopic (exact) mass is 397 g/mol. The molecule has 1 saturated heterocycles. The Morgan fingerprint density at radius 1 is 1.03 bits per heavy atom. The van der Waals surface area contributed by atoms with E-state index in [4.69, 9.17) is 14.2 Å². The number of rotatable bonds is 8. The topological polar surface area (TPSA) is 65.1 Å². The van der Waals surface area contributed by atoms with Gasteiger partial charge in [-0.15, -0.1) is 0 Å². The van der Waals surface area contributed by atoms with Gasteiger partial charge in [-0.1, -0.05) is 42.5 Å². The molecule has 0 spiro atoms. The molecule has 29 heavy (non-hydrogen) atoms. The van der Waals surface area contributed by atoms with Crippen molar-refractivity contribution in [3.05, 3.63) is 59.7 Å². The van der Waals surface area contributed by atoms with Crippen molar-refractivity contribution in [1.82, 2.24) is 4.90 Å². The average Bonchev–Trinajstić information content (AvgIpc) is 3.27. The zero-order valence-electron chi connectivity index (χ0n) is 16.9. The summed E-state index contributed by atoms with van der Waals surface area (Å²) in [5.41, 5.74) is 1.67. The molecule has 0 unspecified atom stereocenters. The molecular formula is C23H27NO5. The number of nitrogens with zero attached hydrogens (tertiary/aromatic N) is 1. The number of hydrogen-bond donors (Lipinski definition) is 0. The highest BCUT2D eigenvalue weighted by Gasteiger charge is 2.26. The summed E-state index contributed by atoms with van der Waals surface area (Å²) in [5, 5.41) is 0. The van der Waals surface area contributed by atoms with Gasteiger partial charge in [-0.05, 0) is 31.4 Å². The van der Waals surface area contributed by atoms with Crippen molar-refractivity contribution >= 4 is 11.9 Å². The molecule has 1 amide bonds. The largest absolute Gasteiger partial charge is 0.493 e. The van der Waals surface area contributed by atoms with Gasteiger partial charge >= 0.3 is 5.97 Å². The number of benzene rings is 2. The highest BCUT2D eigenvalue weighted by Crippen LogP contribution is 2.32. The number of ether oxygens (including phenoxy) is 3. The zero-order valence-corrected chi connectivity index (χ0v) is 16.9. The summed E-state index contributed by atoms with van der Waals surface area (Å²) in [6, 6.07) is 15.2. The van der Waals surface area contributed by atoms with Crippen molar-refractivity contribution in [1.29, 1.82) is 0 Å². The number of carbonyl (C=O) groups is 2. The van der Waals surface area contributed by atoms with E-state index in [2.05, 4.69) is 0 Å². The van der Waals surface area contributed by atoms with Crippen LogP contribution in [-0.2, 0) is 27.4 Å². The van der Waals surface area contributed by atoms with Crippen LogP contribution >= 0.6 is 0 Å². The Hall–Kier alpha value is -3.02. The van der Waals surface area contributed by atoms with Crippen molar-refractivity contribution in [2.24, 2.45) is 0 Å². The Balaban J connectivity index is 1.65. The summed E-state index contributed by atoms with van der Waals surface area (Å²) in [5.74, 6) is 0.451. The van der Waals surface area contributed by atoms with Gasteiger partial charge in [0.05, 0.1) is 13.5 Å². The van der Waals surface area contributed by atoms with Gasteiger partial charge in [0.25, 0.3) is 5.91 Å². The number of carbonyl (C=O) groups excluding carboxylic acids is 2. The molecule has 1 fully saturated rings. The van der Waals surface area contributed by atoms with E-state index in [0.717, 1.165) is 31.5 Å². The molecule has 1 heterocycles. The molecular weight excluding hydrogens is 370 g/mol. The Labute approximate surface area is 171 Å². The van der Waals surface area contributed by atoms with Crippen LogP contribution in [0, 0.1) is 0 Å². The fraction of sp³-hybridized carbons (Fsp3) is 0.391. The maximum atomic E-state index is 12.5. The van der Waals surface area contributed by atoms with Gasteiger partial charge in [-0.2, -0.15) is 0 Å². The SMILES string of the molecule is COc1cccc(CC(=O)O[C@H](C)C(=O)N2CCCC2)c1OCc1ccccc1. The van der Waals surface area contributed by atoms with Gasteiger partial charge in [0, 0.05) is 18.7 Å². The summed E-state index contributed by atoms with van der Waals surface area (Å²) in [7, 11) is 1.56. The molecule has 6 nitrogen and oxygen atoms in total. The molecule has 154 valence electrons. The highest BCUT2D eigenvalue weighted by molar-refractivity contribution is 5.84. The van der Waals surface area contributed by atoms with Crippen LogP contribution in [0.1, 0.15) is 30.9 Å². The van der Waals surface area contributed by atoms with Gasteiger partial charge in [-0.3, -0.25) is 9.59 Å². The third-order valence-electron chi connectivity index (χ3n) is 4.91. The van der Waals surface area contributed by atoms with Gasteiger partial charge in [-0.25, -0.2) is 0 Å². The van der Waals surface area contributed by atoms with Crippen LogP contribution in [0.25, 0.3) is 0 Å². The van der Waals surface area contributed by atoms with E-state index >= 15 is 0 Å². The lowest BCUT2D eigenvalue weighted by molar-refractivity contribution is -0.158. The second-order valence-corrected chi connectivity index (χ2v) is 7.06. The lowest BCUT2D eigenvalue weighted by atomic mass is 10.1. The molecule has 0 aromatic heterocycles. The van der Waals surface area contributed by atoms with Crippen LogP contribution in [0.4, 0.5) is 0 Å². The van der Waals surface area contributed by atoms with Crippen LogP contribution in [-0.4, -0.2) is 43.1 Å². The number of likely N-dealkylation sites (tertiary alicyclic amines) is 1.